The molecule has 0 amide bonds. The molecule has 1 unspecified atom stereocenters. The van der Waals surface area contributed by atoms with Gasteiger partial charge < -0.3 is 10.1 Å². The first-order valence-corrected chi connectivity index (χ1v) is 6.53. The number of methoxy groups -OCH3 is 1. The molecule has 1 N–H and O–H groups in total. The van der Waals surface area contributed by atoms with Crippen molar-refractivity contribution in [2.24, 2.45) is 5.41 Å². The van der Waals surface area contributed by atoms with Gasteiger partial charge in [0.2, 0.25) is 0 Å². The topological polar surface area (TPSA) is 45.0 Å². The van der Waals surface area contributed by atoms with E-state index in [0.29, 0.717) is 0 Å². The van der Waals surface area contributed by atoms with Crippen LogP contribution in [0.1, 0.15) is 42.1 Å². The minimum absolute atomic E-state index is 0.0632. The molecule has 1 aromatic rings. The van der Waals surface area contributed by atoms with Gasteiger partial charge in [0.1, 0.15) is 5.75 Å². The smallest absolute Gasteiger partial charge is 0.127 e. The van der Waals surface area contributed by atoms with E-state index in [-0.39, 0.29) is 6.04 Å². The lowest BCUT2D eigenvalue weighted by molar-refractivity contribution is 0.324. The van der Waals surface area contributed by atoms with Gasteiger partial charge in [0, 0.05) is 5.56 Å². The van der Waals surface area contributed by atoms with Gasteiger partial charge in [0.05, 0.1) is 24.6 Å². The molecule has 3 nitrogen and oxygen atoms in total. The molecule has 104 valence electrons. The molecule has 1 rings (SSSR count). The van der Waals surface area contributed by atoms with E-state index >= 15 is 0 Å². The fraction of sp³-hybridized carbons (Fsp3) is 0.562. The van der Waals surface area contributed by atoms with Crippen molar-refractivity contribution in [1.29, 1.82) is 5.26 Å². The van der Waals surface area contributed by atoms with Gasteiger partial charge in [-0.25, -0.2) is 0 Å². The van der Waals surface area contributed by atoms with Crippen LogP contribution in [0.4, 0.5) is 0 Å². The number of rotatable bonds is 4. The first kappa shape index (κ1) is 15.5. The lowest BCUT2D eigenvalue weighted by Gasteiger charge is -2.31. The predicted octanol–water partition coefficient (Wildman–Crippen LogP) is 3.43. The van der Waals surface area contributed by atoms with Gasteiger partial charge in [-0.2, -0.15) is 5.26 Å². The summed E-state index contributed by atoms with van der Waals surface area (Å²) in [6.45, 7) is 10.1. The second-order valence-corrected chi connectivity index (χ2v) is 5.64. The first-order chi connectivity index (χ1) is 8.80. The van der Waals surface area contributed by atoms with Crippen LogP contribution in [-0.2, 0) is 0 Å². The van der Waals surface area contributed by atoms with Gasteiger partial charge in [-0.05, 0) is 58.4 Å². The zero-order valence-electron chi connectivity index (χ0n) is 13.0. The van der Waals surface area contributed by atoms with Crippen molar-refractivity contribution in [3.05, 3.63) is 28.3 Å². The molecule has 0 bridgehead atoms. The number of benzene rings is 1. The Morgan fingerprint density at radius 1 is 1.26 bits per heavy atom. The summed E-state index contributed by atoms with van der Waals surface area (Å²) in [7, 11) is 3.58. The number of nitrogens with one attached hydrogen (secondary N) is 1. The van der Waals surface area contributed by atoms with Crippen molar-refractivity contribution in [2.45, 2.75) is 40.7 Å². The summed E-state index contributed by atoms with van der Waals surface area (Å²) >= 11 is 0. The third-order valence-electron chi connectivity index (χ3n) is 3.83. The standard InChI is InChI=1S/C16H24N2O/c1-10-8-11(2)13(14(19-7)12(10)3)15(18-6)16(4,5)9-17/h8,15,18H,1-7H3. The van der Waals surface area contributed by atoms with Crippen molar-refractivity contribution >= 4 is 0 Å². The lowest BCUT2D eigenvalue weighted by atomic mass is 9.79. The normalized spacial score (nSPS) is 12.9. The minimum Gasteiger partial charge on any atom is -0.496 e. The van der Waals surface area contributed by atoms with Crippen LogP contribution in [0.2, 0.25) is 0 Å². The van der Waals surface area contributed by atoms with Crippen molar-refractivity contribution in [3.63, 3.8) is 0 Å². The molecular weight excluding hydrogens is 236 g/mol. The van der Waals surface area contributed by atoms with Gasteiger partial charge in [0.25, 0.3) is 0 Å². The number of aryl methyl sites for hydroxylation is 2. The molecule has 0 heterocycles. The van der Waals surface area contributed by atoms with Crippen LogP contribution in [0.3, 0.4) is 0 Å². The Bertz CT molecular complexity index is 512. The zero-order chi connectivity index (χ0) is 14.8. The van der Waals surface area contributed by atoms with Gasteiger partial charge in [-0.15, -0.1) is 0 Å². The number of nitrogens with zero attached hydrogens (tertiary/aromatic N) is 1. The van der Waals surface area contributed by atoms with Crippen LogP contribution in [0.5, 0.6) is 5.75 Å². The largest absolute Gasteiger partial charge is 0.496 e. The number of ether oxygens (including phenoxy) is 1. The highest BCUT2D eigenvalue weighted by Gasteiger charge is 2.33. The van der Waals surface area contributed by atoms with Gasteiger partial charge >= 0.3 is 0 Å². The first-order valence-electron chi connectivity index (χ1n) is 6.53. The molecule has 0 saturated heterocycles. The summed E-state index contributed by atoms with van der Waals surface area (Å²) in [6, 6.07) is 4.48. The van der Waals surface area contributed by atoms with Gasteiger partial charge in [0.15, 0.2) is 0 Å². The van der Waals surface area contributed by atoms with Gasteiger partial charge in [-0.3, -0.25) is 0 Å². The summed E-state index contributed by atoms with van der Waals surface area (Å²) in [5.74, 6) is 0.889. The second-order valence-electron chi connectivity index (χ2n) is 5.64. The highest BCUT2D eigenvalue weighted by molar-refractivity contribution is 5.52. The zero-order valence-corrected chi connectivity index (χ0v) is 13.0. The Balaban J connectivity index is 3.57. The van der Waals surface area contributed by atoms with E-state index in [1.807, 2.05) is 20.9 Å². The lowest BCUT2D eigenvalue weighted by Crippen LogP contribution is -2.32. The number of nitriles is 1. The van der Waals surface area contributed by atoms with E-state index in [0.717, 1.165) is 22.4 Å². The Morgan fingerprint density at radius 2 is 1.84 bits per heavy atom. The molecule has 0 aliphatic rings. The van der Waals surface area contributed by atoms with Crippen LogP contribution < -0.4 is 10.1 Å². The summed E-state index contributed by atoms with van der Waals surface area (Å²) in [6.07, 6.45) is 0. The molecule has 19 heavy (non-hydrogen) atoms. The van der Waals surface area contributed by atoms with Crippen LogP contribution in [0, 0.1) is 37.5 Å². The molecule has 0 saturated carbocycles. The molecule has 0 fully saturated rings. The summed E-state index contributed by atoms with van der Waals surface area (Å²) in [5.41, 5.74) is 4.08. The summed E-state index contributed by atoms with van der Waals surface area (Å²) in [4.78, 5) is 0. The second kappa shape index (κ2) is 5.63. The summed E-state index contributed by atoms with van der Waals surface area (Å²) < 4.78 is 5.61. The Morgan fingerprint density at radius 3 is 2.26 bits per heavy atom. The summed E-state index contributed by atoms with van der Waals surface area (Å²) in [5, 5.41) is 12.7. The highest BCUT2D eigenvalue weighted by atomic mass is 16.5. The number of hydrogen-bond acceptors (Lipinski definition) is 3. The maximum atomic E-state index is 9.40. The van der Waals surface area contributed by atoms with Crippen LogP contribution in [-0.4, -0.2) is 14.2 Å². The highest BCUT2D eigenvalue weighted by Crippen LogP contribution is 2.41. The quantitative estimate of drug-likeness (QED) is 0.902. The van der Waals surface area contributed by atoms with Crippen molar-refractivity contribution in [2.75, 3.05) is 14.2 Å². The molecule has 1 atom stereocenters. The van der Waals surface area contributed by atoms with Crippen LogP contribution >= 0.6 is 0 Å². The fourth-order valence-corrected chi connectivity index (χ4v) is 2.62. The average molecular weight is 260 g/mol. The SMILES string of the molecule is CNC(c1c(C)cc(C)c(C)c1OC)C(C)(C)C#N. The fourth-order valence-electron chi connectivity index (χ4n) is 2.62. The van der Waals surface area contributed by atoms with E-state index in [9.17, 15) is 5.26 Å². The predicted molar refractivity (Wildman–Crippen MR) is 78.4 cm³/mol. The van der Waals surface area contributed by atoms with E-state index in [1.165, 1.54) is 5.56 Å². The van der Waals surface area contributed by atoms with Gasteiger partial charge in [-0.1, -0.05) is 6.07 Å². The van der Waals surface area contributed by atoms with E-state index in [2.05, 4.69) is 38.2 Å². The van der Waals surface area contributed by atoms with Crippen molar-refractivity contribution in [1.82, 2.24) is 5.32 Å². The minimum atomic E-state index is -0.505. The molecular formula is C16H24N2O. The van der Waals surface area contributed by atoms with Crippen molar-refractivity contribution in [3.8, 4) is 11.8 Å². The van der Waals surface area contributed by atoms with E-state index < -0.39 is 5.41 Å². The van der Waals surface area contributed by atoms with Crippen LogP contribution in [0.25, 0.3) is 0 Å². The van der Waals surface area contributed by atoms with Crippen LogP contribution in [0.15, 0.2) is 6.07 Å². The molecule has 0 aliphatic heterocycles. The Labute approximate surface area is 116 Å². The molecule has 0 radical (unpaired) electrons. The molecule has 3 heteroatoms. The van der Waals surface area contributed by atoms with E-state index in [4.69, 9.17) is 4.74 Å². The molecule has 0 aromatic heterocycles. The average Bonchev–Trinajstić information content (AvgIpc) is 2.36. The maximum absolute atomic E-state index is 9.40. The van der Waals surface area contributed by atoms with Crippen molar-refractivity contribution < 1.29 is 4.74 Å². The monoisotopic (exact) mass is 260 g/mol. The third-order valence-corrected chi connectivity index (χ3v) is 3.83. The Hall–Kier alpha value is -1.53. The molecule has 0 spiro atoms. The third kappa shape index (κ3) is 2.74. The molecule has 1 aromatic carbocycles. The maximum Gasteiger partial charge on any atom is 0.127 e. The van der Waals surface area contributed by atoms with E-state index in [1.54, 1.807) is 7.11 Å². The molecule has 0 aliphatic carbocycles. The number of hydrogen-bond donors (Lipinski definition) is 1. The Kier molecular flexibility index (Phi) is 4.60.